The maximum atomic E-state index is 12.8. The van der Waals surface area contributed by atoms with Crippen LogP contribution in [0.15, 0.2) is 54.6 Å². The Labute approximate surface area is 164 Å². The average molecular weight is 366 g/mol. The normalized spacial score (nSPS) is 19.9. The second-order valence-corrected chi connectivity index (χ2v) is 8.28. The van der Waals surface area contributed by atoms with Crippen LogP contribution >= 0.6 is 0 Å². The topological polar surface area (TPSA) is 24.8 Å². The summed E-state index contributed by atoms with van der Waals surface area (Å²) in [6, 6.07) is 19.3. The fourth-order valence-corrected chi connectivity index (χ4v) is 4.01. The van der Waals surface area contributed by atoms with E-state index in [4.69, 9.17) is 0 Å². The van der Waals surface area contributed by atoms with Crippen LogP contribution in [0.25, 0.3) is 0 Å². The lowest BCUT2D eigenvalue weighted by Gasteiger charge is -2.31. The molecule has 1 aliphatic rings. The van der Waals surface area contributed by atoms with Crippen molar-refractivity contribution in [2.45, 2.75) is 45.7 Å². The highest BCUT2D eigenvalue weighted by atomic mass is 16.2. The first-order valence-corrected chi connectivity index (χ1v) is 10.2. The van der Waals surface area contributed by atoms with Crippen LogP contribution in [0, 0.1) is 5.92 Å². The van der Waals surface area contributed by atoms with Crippen LogP contribution in [-0.4, -0.2) is 30.9 Å². The van der Waals surface area contributed by atoms with Crippen LogP contribution in [-0.2, 0) is 17.9 Å². The molecule has 0 spiro atoms. The molecular weight excluding hydrogens is 332 g/mol. The van der Waals surface area contributed by atoms with Crippen LogP contribution in [0.4, 0.5) is 0 Å². The maximum Gasteiger partial charge on any atom is 0.226 e. The summed E-state index contributed by atoms with van der Waals surface area (Å²) < 4.78 is 0. The third kappa shape index (κ3) is 5.43. The number of carbonyl (C=O) groups excluding carboxylic acids is 1. The largest absolute Gasteiger partial charge is 0.341 e. The van der Waals surface area contributed by atoms with Crippen molar-refractivity contribution in [2.75, 3.05) is 20.1 Å². The highest BCUT2D eigenvalue weighted by Gasteiger charge is 2.29. The lowest BCUT2D eigenvalue weighted by molar-refractivity contribution is -0.919. The van der Waals surface area contributed by atoms with E-state index in [0.717, 1.165) is 32.5 Å². The van der Waals surface area contributed by atoms with Crippen molar-refractivity contribution in [3.05, 3.63) is 71.3 Å². The van der Waals surface area contributed by atoms with Crippen LogP contribution in [0.1, 0.15) is 49.3 Å². The third-order valence-electron chi connectivity index (χ3n) is 5.78. The SMILES string of the molecule is CC(C)c1ccc(C[NH+]2CCC(C(=O)N(C)Cc3ccccc3)CC2)cc1. The molecule has 0 radical (unpaired) electrons. The Morgan fingerprint density at radius 1 is 1.00 bits per heavy atom. The molecule has 1 heterocycles. The van der Waals surface area contributed by atoms with Crippen LogP contribution in [0.2, 0.25) is 0 Å². The second-order valence-electron chi connectivity index (χ2n) is 8.28. The summed E-state index contributed by atoms with van der Waals surface area (Å²) in [6.07, 6.45) is 1.99. The summed E-state index contributed by atoms with van der Waals surface area (Å²) in [7, 11) is 1.94. The Balaban J connectivity index is 1.47. The molecule has 1 fully saturated rings. The molecule has 3 rings (SSSR count). The van der Waals surface area contributed by atoms with E-state index in [-0.39, 0.29) is 5.92 Å². The summed E-state index contributed by atoms with van der Waals surface area (Å²) in [5, 5.41) is 0. The van der Waals surface area contributed by atoms with E-state index < -0.39 is 0 Å². The minimum absolute atomic E-state index is 0.186. The average Bonchev–Trinajstić information content (AvgIpc) is 2.69. The van der Waals surface area contributed by atoms with Gasteiger partial charge in [0, 0.05) is 37.9 Å². The molecule has 2 aromatic carbocycles. The standard InChI is InChI=1S/C24H32N2O/c1-19(2)22-11-9-21(10-12-22)18-26-15-13-23(14-16-26)24(27)25(3)17-20-7-5-4-6-8-20/h4-12,19,23H,13-18H2,1-3H3/p+1. The van der Waals surface area contributed by atoms with Crippen LogP contribution < -0.4 is 4.90 Å². The molecule has 0 bridgehead atoms. The molecule has 1 saturated heterocycles. The third-order valence-corrected chi connectivity index (χ3v) is 5.78. The predicted octanol–water partition coefficient (Wildman–Crippen LogP) is 3.26. The van der Waals surface area contributed by atoms with E-state index in [1.807, 2.05) is 30.1 Å². The number of hydrogen-bond donors (Lipinski definition) is 1. The van der Waals surface area contributed by atoms with E-state index in [1.54, 1.807) is 4.90 Å². The number of likely N-dealkylation sites (tertiary alicyclic amines) is 1. The van der Waals surface area contributed by atoms with Gasteiger partial charge in [-0.15, -0.1) is 0 Å². The highest BCUT2D eigenvalue weighted by Crippen LogP contribution is 2.16. The Hall–Kier alpha value is -2.13. The lowest BCUT2D eigenvalue weighted by Crippen LogP contribution is -3.11. The molecule has 0 aromatic heterocycles. The quantitative estimate of drug-likeness (QED) is 0.835. The van der Waals surface area contributed by atoms with Gasteiger partial charge in [0.15, 0.2) is 0 Å². The summed E-state index contributed by atoms with van der Waals surface area (Å²) in [4.78, 5) is 16.3. The predicted molar refractivity (Wildman–Crippen MR) is 111 cm³/mol. The summed E-state index contributed by atoms with van der Waals surface area (Å²) in [5.74, 6) is 1.07. The number of rotatable bonds is 6. The molecule has 3 heteroatoms. The van der Waals surface area contributed by atoms with Crippen molar-refractivity contribution in [1.82, 2.24) is 4.90 Å². The van der Waals surface area contributed by atoms with Crippen molar-refractivity contribution in [3.8, 4) is 0 Å². The van der Waals surface area contributed by atoms with Gasteiger partial charge in [-0.05, 0) is 17.0 Å². The first-order valence-electron chi connectivity index (χ1n) is 10.2. The zero-order chi connectivity index (χ0) is 19.2. The van der Waals surface area contributed by atoms with Gasteiger partial charge in [0.05, 0.1) is 13.1 Å². The van der Waals surface area contributed by atoms with Gasteiger partial charge in [0.25, 0.3) is 0 Å². The Bertz CT molecular complexity index is 716. The van der Waals surface area contributed by atoms with Crippen LogP contribution in [0.5, 0.6) is 0 Å². The fraction of sp³-hybridized carbons (Fsp3) is 0.458. The molecule has 1 N–H and O–H groups in total. The highest BCUT2D eigenvalue weighted by molar-refractivity contribution is 5.78. The molecule has 1 aliphatic heterocycles. The fourth-order valence-electron chi connectivity index (χ4n) is 4.01. The second kappa shape index (κ2) is 9.18. The first kappa shape index (κ1) is 19.6. The van der Waals surface area contributed by atoms with Crippen molar-refractivity contribution in [1.29, 1.82) is 0 Å². The van der Waals surface area contributed by atoms with Gasteiger partial charge in [-0.1, -0.05) is 68.4 Å². The van der Waals surface area contributed by atoms with Crippen molar-refractivity contribution in [3.63, 3.8) is 0 Å². The lowest BCUT2D eigenvalue weighted by atomic mass is 9.94. The number of amides is 1. The van der Waals surface area contributed by atoms with Gasteiger partial charge in [-0.2, -0.15) is 0 Å². The number of carbonyl (C=O) groups is 1. The van der Waals surface area contributed by atoms with Gasteiger partial charge in [-0.25, -0.2) is 0 Å². The van der Waals surface area contributed by atoms with Gasteiger partial charge in [0.2, 0.25) is 5.91 Å². The minimum Gasteiger partial charge on any atom is -0.341 e. The minimum atomic E-state index is 0.186. The zero-order valence-electron chi connectivity index (χ0n) is 16.9. The van der Waals surface area contributed by atoms with Gasteiger partial charge >= 0.3 is 0 Å². The van der Waals surface area contributed by atoms with E-state index in [9.17, 15) is 4.79 Å². The Morgan fingerprint density at radius 2 is 1.63 bits per heavy atom. The molecule has 2 aromatic rings. The smallest absolute Gasteiger partial charge is 0.226 e. The van der Waals surface area contributed by atoms with Crippen LogP contribution in [0.3, 0.4) is 0 Å². The Kier molecular flexibility index (Phi) is 6.68. The van der Waals surface area contributed by atoms with E-state index in [2.05, 4.69) is 50.2 Å². The Morgan fingerprint density at radius 3 is 2.22 bits per heavy atom. The van der Waals surface area contributed by atoms with Crippen molar-refractivity contribution < 1.29 is 9.69 Å². The molecule has 0 atom stereocenters. The molecular formula is C24H33N2O+. The number of nitrogens with zero attached hydrogens (tertiary/aromatic N) is 1. The molecule has 0 saturated carbocycles. The van der Waals surface area contributed by atoms with E-state index >= 15 is 0 Å². The summed E-state index contributed by atoms with van der Waals surface area (Å²) >= 11 is 0. The zero-order valence-corrected chi connectivity index (χ0v) is 16.9. The monoisotopic (exact) mass is 365 g/mol. The molecule has 0 unspecified atom stereocenters. The molecule has 3 nitrogen and oxygen atoms in total. The molecule has 27 heavy (non-hydrogen) atoms. The van der Waals surface area contributed by atoms with Crippen molar-refractivity contribution >= 4 is 5.91 Å². The van der Waals surface area contributed by atoms with E-state index in [1.165, 1.54) is 16.7 Å². The van der Waals surface area contributed by atoms with Crippen molar-refractivity contribution in [2.24, 2.45) is 5.92 Å². The number of quaternary nitrogens is 1. The summed E-state index contributed by atoms with van der Waals surface area (Å²) in [6.45, 7) is 8.41. The summed E-state index contributed by atoms with van der Waals surface area (Å²) in [5.41, 5.74) is 4.00. The number of piperidine rings is 1. The maximum absolute atomic E-state index is 12.8. The number of hydrogen-bond acceptors (Lipinski definition) is 1. The molecule has 0 aliphatic carbocycles. The number of nitrogens with one attached hydrogen (secondary N) is 1. The first-order chi connectivity index (χ1) is 13.0. The van der Waals surface area contributed by atoms with Gasteiger partial charge < -0.3 is 9.80 Å². The number of benzene rings is 2. The molecule has 1 amide bonds. The van der Waals surface area contributed by atoms with E-state index in [0.29, 0.717) is 18.4 Å². The molecule has 144 valence electrons. The van der Waals surface area contributed by atoms with Gasteiger partial charge in [0.1, 0.15) is 6.54 Å². The van der Waals surface area contributed by atoms with Gasteiger partial charge in [-0.3, -0.25) is 4.79 Å².